The summed E-state index contributed by atoms with van der Waals surface area (Å²) < 4.78 is 29.1. The number of nitrogens with zero attached hydrogens (tertiary/aromatic N) is 4. The first-order valence-electron chi connectivity index (χ1n) is 12.8. The number of fused-ring (bicyclic) bond motifs is 3. The van der Waals surface area contributed by atoms with E-state index in [4.69, 9.17) is 9.97 Å². The van der Waals surface area contributed by atoms with Crippen molar-refractivity contribution in [2.75, 3.05) is 30.8 Å². The van der Waals surface area contributed by atoms with Gasteiger partial charge in [0, 0.05) is 56.1 Å². The minimum Gasteiger partial charge on any atom is -0.359 e. The normalized spacial score (nSPS) is 25.6. The SMILES string of the molecule is CCCN(C)c1nc(-c2ccccc2)nc2c1CN(S(=O)(=O)CC13CCC(CC1=O)C3(C)C)CC2. The summed E-state index contributed by atoms with van der Waals surface area (Å²) in [5.41, 5.74) is 1.72. The lowest BCUT2D eigenvalue weighted by molar-refractivity contribution is -0.128. The van der Waals surface area contributed by atoms with Crippen molar-refractivity contribution < 1.29 is 13.2 Å². The van der Waals surface area contributed by atoms with Gasteiger partial charge in [-0.05, 0) is 30.6 Å². The second-order valence-electron chi connectivity index (χ2n) is 11.1. The third kappa shape index (κ3) is 3.89. The van der Waals surface area contributed by atoms with Crippen LogP contribution in [-0.4, -0.2) is 54.4 Å². The van der Waals surface area contributed by atoms with E-state index >= 15 is 0 Å². The Kier molecular flexibility index (Phi) is 6.03. The number of ketones is 1. The number of anilines is 1. The lowest BCUT2D eigenvalue weighted by atomic mass is 9.70. The standard InChI is InChI=1S/C27H36N4O3S/c1-5-14-30(4)25-21-17-31(15-12-22(21)28-24(29-25)19-9-7-6-8-10-19)35(33,34)18-27-13-11-20(16-23(27)32)26(27,2)3/h6-10,20H,5,11-18H2,1-4H3. The summed E-state index contributed by atoms with van der Waals surface area (Å²) in [6, 6.07) is 9.91. The summed E-state index contributed by atoms with van der Waals surface area (Å²) in [4.78, 5) is 24.9. The summed E-state index contributed by atoms with van der Waals surface area (Å²) in [7, 11) is -1.63. The average molecular weight is 497 g/mol. The van der Waals surface area contributed by atoms with Crippen molar-refractivity contribution in [2.45, 2.75) is 59.4 Å². The molecule has 8 heteroatoms. The van der Waals surface area contributed by atoms with Gasteiger partial charge in [0.15, 0.2) is 5.82 Å². The number of aromatic nitrogens is 2. The highest BCUT2D eigenvalue weighted by Gasteiger charge is 2.65. The van der Waals surface area contributed by atoms with Gasteiger partial charge < -0.3 is 4.90 Å². The predicted octanol–water partition coefficient (Wildman–Crippen LogP) is 4.07. The molecule has 2 saturated carbocycles. The van der Waals surface area contributed by atoms with E-state index in [2.05, 4.69) is 25.7 Å². The molecule has 2 atom stereocenters. The third-order valence-electron chi connectivity index (χ3n) is 8.92. The van der Waals surface area contributed by atoms with E-state index in [0.29, 0.717) is 37.5 Å². The zero-order chi connectivity index (χ0) is 25.0. The molecule has 3 aliphatic rings. The summed E-state index contributed by atoms with van der Waals surface area (Å²) in [5.74, 6) is 1.82. The number of hydrogen-bond acceptors (Lipinski definition) is 6. The van der Waals surface area contributed by atoms with Gasteiger partial charge in [0.1, 0.15) is 11.6 Å². The van der Waals surface area contributed by atoms with Crippen LogP contribution in [0.2, 0.25) is 0 Å². The van der Waals surface area contributed by atoms with E-state index in [0.717, 1.165) is 42.0 Å². The highest BCUT2D eigenvalue weighted by Crippen LogP contribution is 2.64. The minimum absolute atomic E-state index is 0.0826. The van der Waals surface area contributed by atoms with Gasteiger partial charge in [0.05, 0.1) is 11.4 Å². The number of Topliss-reactive ketones (excluding diaryl/α,β-unsaturated/α-hetero) is 1. The Morgan fingerprint density at radius 1 is 1.17 bits per heavy atom. The molecule has 1 aromatic carbocycles. The Hall–Kier alpha value is -2.32. The van der Waals surface area contributed by atoms with Gasteiger partial charge in [-0.3, -0.25) is 4.79 Å². The fourth-order valence-corrected chi connectivity index (χ4v) is 8.77. The molecule has 1 aromatic heterocycles. The lowest BCUT2D eigenvalue weighted by Crippen LogP contribution is -2.48. The van der Waals surface area contributed by atoms with Crippen molar-refractivity contribution in [3.63, 3.8) is 0 Å². The Morgan fingerprint density at radius 2 is 1.91 bits per heavy atom. The number of hydrogen-bond donors (Lipinski definition) is 0. The van der Waals surface area contributed by atoms with Crippen LogP contribution in [0.4, 0.5) is 5.82 Å². The first-order chi connectivity index (χ1) is 16.6. The van der Waals surface area contributed by atoms with Crippen LogP contribution in [-0.2, 0) is 27.8 Å². The van der Waals surface area contributed by atoms with Crippen LogP contribution < -0.4 is 4.90 Å². The Morgan fingerprint density at radius 3 is 2.54 bits per heavy atom. The minimum atomic E-state index is -3.64. The molecule has 2 aliphatic carbocycles. The van der Waals surface area contributed by atoms with Gasteiger partial charge in [-0.25, -0.2) is 18.4 Å². The fourth-order valence-electron chi connectivity index (χ4n) is 6.59. The van der Waals surface area contributed by atoms with Crippen molar-refractivity contribution in [3.05, 3.63) is 41.6 Å². The van der Waals surface area contributed by atoms with Crippen molar-refractivity contribution in [2.24, 2.45) is 16.7 Å². The number of carbonyl (C=O) groups is 1. The Bertz CT molecular complexity index is 1240. The molecule has 2 fully saturated rings. The van der Waals surface area contributed by atoms with Crippen LogP contribution in [0.1, 0.15) is 57.7 Å². The molecule has 2 aromatic rings. The van der Waals surface area contributed by atoms with E-state index in [-0.39, 0.29) is 23.5 Å². The molecule has 0 radical (unpaired) electrons. The maximum absolute atomic E-state index is 13.8. The topological polar surface area (TPSA) is 83.5 Å². The fraction of sp³-hybridized carbons (Fsp3) is 0.593. The first-order valence-corrected chi connectivity index (χ1v) is 14.4. The molecule has 188 valence electrons. The predicted molar refractivity (Wildman–Crippen MR) is 137 cm³/mol. The molecule has 35 heavy (non-hydrogen) atoms. The monoisotopic (exact) mass is 496 g/mol. The average Bonchev–Trinajstić information content (AvgIpc) is 3.18. The third-order valence-corrected chi connectivity index (χ3v) is 10.9. The zero-order valence-corrected chi connectivity index (χ0v) is 22.1. The number of rotatable bonds is 7. The molecule has 2 bridgehead atoms. The second kappa shape index (κ2) is 8.66. The van der Waals surface area contributed by atoms with Gasteiger partial charge in [0.25, 0.3) is 0 Å². The van der Waals surface area contributed by atoms with Gasteiger partial charge in [-0.15, -0.1) is 0 Å². The van der Waals surface area contributed by atoms with Crippen molar-refractivity contribution in [1.29, 1.82) is 0 Å². The van der Waals surface area contributed by atoms with Crippen LogP contribution in [0.5, 0.6) is 0 Å². The molecule has 0 spiro atoms. The summed E-state index contributed by atoms with van der Waals surface area (Å²) in [5, 5.41) is 0. The first kappa shape index (κ1) is 24.4. The molecule has 1 aliphatic heterocycles. The maximum atomic E-state index is 13.8. The summed E-state index contributed by atoms with van der Waals surface area (Å²) >= 11 is 0. The number of benzene rings is 1. The molecular weight excluding hydrogens is 460 g/mol. The summed E-state index contributed by atoms with van der Waals surface area (Å²) in [6.07, 6.45) is 3.64. The van der Waals surface area contributed by atoms with Crippen molar-refractivity contribution in [1.82, 2.24) is 14.3 Å². The van der Waals surface area contributed by atoms with Gasteiger partial charge in [0.2, 0.25) is 10.0 Å². The molecule has 7 nitrogen and oxygen atoms in total. The van der Waals surface area contributed by atoms with E-state index < -0.39 is 15.4 Å². The largest absolute Gasteiger partial charge is 0.359 e. The van der Waals surface area contributed by atoms with Crippen molar-refractivity contribution >= 4 is 21.6 Å². The molecule has 2 heterocycles. The smallest absolute Gasteiger partial charge is 0.215 e. The molecule has 5 rings (SSSR count). The Balaban J connectivity index is 1.48. The second-order valence-corrected chi connectivity index (χ2v) is 13.1. The lowest BCUT2D eigenvalue weighted by Gasteiger charge is -2.38. The molecule has 0 saturated heterocycles. The van der Waals surface area contributed by atoms with Crippen LogP contribution in [0.15, 0.2) is 30.3 Å². The maximum Gasteiger partial charge on any atom is 0.215 e. The molecule has 0 amide bonds. The van der Waals surface area contributed by atoms with Crippen LogP contribution in [0.3, 0.4) is 0 Å². The quantitative estimate of drug-likeness (QED) is 0.575. The number of sulfonamides is 1. The molecule has 2 unspecified atom stereocenters. The number of carbonyl (C=O) groups excluding carboxylic acids is 1. The van der Waals surface area contributed by atoms with Gasteiger partial charge in [-0.2, -0.15) is 4.31 Å². The van der Waals surface area contributed by atoms with E-state index in [1.165, 1.54) is 0 Å². The molecule has 0 N–H and O–H groups in total. The zero-order valence-electron chi connectivity index (χ0n) is 21.2. The van der Waals surface area contributed by atoms with Crippen LogP contribution >= 0.6 is 0 Å². The highest BCUT2D eigenvalue weighted by atomic mass is 32.2. The van der Waals surface area contributed by atoms with E-state index in [1.807, 2.05) is 37.4 Å². The summed E-state index contributed by atoms with van der Waals surface area (Å²) in [6.45, 7) is 7.75. The van der Waals surface area contributed by atoms with Gasteiger partial charge >= 0.3 is 0 Å². The van der Waals surface area contributed by atoms with Crippen LogP contribution in [0.25, 0.3) is 11.4 Å². The van der Waals surface area contributed by atoms with Crippen molar-refractivity contribution in [3.8, 4) is 11.4 Å². The Labute approximate surface area is 209 Å². The van der Waals surface area contributed by atoms with Crippen LogP contribution in [0, 0.1) is 16.7 Å². The van der Waals surface area contributed by atoms with E-state index in [1.54, 1.807) is 4.31 Å². The van der Waals surface area contributed by atoms with E-state index in [9.17, 15) is 13.2 Å². The molecular formula is C27H36N4O3S. The highest BCUT2D eigenvalue weighted by molar-refractivity contribution is 7.89. The van der Waals surface area contributed by atoms with Gasteiger partial charge in [-0.1, -0.05) is 51.1 Å².